The molecule has 2 atom stereocenters. The third kappa shape index (κ3) is 4.92. The number of rotatable bonds is 6. The molecule has 2 nitrogen and oxygen atoms in total. The fourth-order valence-corrected chi connectivity index (χ4v) is 2.23. The average Bonchev–Trinajstić information content (AvgIpc) is 2.45. The summed E-state index contributed by atoms with van der Waals surface area (Å²) in [6.45, 7) is 2.29. The van der Waals surface area contributed by atoms with Crippen LogP contribution in [0.5, 0.6) is 0 Å². The molecule has 4 heteroatoms. The Balaban J connectivity index is 1.86. The normalized spacial score (nSPS) is 13.9. The number of aliphatic hydroxyl groups excluding tert-OH is 1. The fraction of sp³-hybridized carbons (Fsp3) is 0.294. The quantitative estimate of drug-likeness (QED) is 0.853. The van der Waals surface area contributed by atoms with Crippen LogP contribution in [-0.2, 0) is 6.54 Å². The number of hydrogen-bond donors (Lipinski definition) is 2. The lowest BCUT2D eigenvalue weighted by Crippen LogP contribution is -2.27. The summed E-state index contributed by atoms with van der Waals surface area (Å²) < 4.78 is 26.2. The van der Waals surface area contributed by atoms with Crippen molar-refractivity contribution in [3.63, 3.8) is 0 Å². The summed E-state index contributed by atoms with van der Waals surface area (Å²) in [4.78, 5) is 0. The maximum absolute atomic E-state index is 13.1. The summed E-state index contributed by atoms with van der Waals surface area (Å²) in [6, 6.07) is 12.9. The molecule has 0 amide bonds. The number of aliphatic hydroxyl groups is 1. The van der Waals surface area contributed by atoms with Gasteiger partial charge in [-0.15, -0.1) is 0 Å². The van der Waals surface area contributed by atoms with Crippen LogP contribution >= 0.6 is 0 Å². The molecule has 0 fully saturated rings. The molecule has 2 aromatic rings. The highest BCUT2D eigenvalue weighted by Gasteiger charge is 2.12. The Kier molecular flexibility index (Phi) is 5.42. The third-order valence-electron chi connectivity index (χ3n) is 3.34. The van der Waals surface area contributed by atoms with Gasteiger partial charge in [0, 0.05) is 18.7 Å². The number of benzene rings is 2. The molecule has 0 bridgehead atoms. The van der Waals surface area contributed by atoms with Crippen LogP contribution in [0.4, 0.5) is 8.78 Å². The Labute approximate surface area is 123 Å². The van der Waals surface area contributed by atoms with Gasteiger partial charge in [0.25, 0.3) is 0 Å². The van der Waals surface area contributed by atoms with Gasteiger partial charge in [0.15, 0.2) is 0 Å². The van der Waals surface area contributed by atoms with Crippen molar-refractivity contribution in [2.24, 2.45) is 0 Å². The SMILES string of the molecule is CC(CC(O)c1ccccc1)NCc1cc(F)cc(F)c1. The second-order valence-corrected chi connectivity index (χ2v) is 5.22. The number of hydrogen-bond acceptors (Lipinski definition) is 2. The Morgan fingerprint density at radius 1 is 1.05 bits per heavy atom. The van der Waals surface area contributed by atoms with Crippen LogP contribution in [-0.4, -0.2) is 11.1 Å². The van der Waals surface area contributed by atoms with Gasteiger partial charge in [0.2, 0.25) is 0 Å². The summed E-state index contributed by atoms with van der Waals surface area (Å²) in [5.74, 6) is -1.16. The Hall–Kier alpha value is -1.78. The molecule has 0 spiro atoms. The summed E-state index contributed by atoms with van der Waals surface area (Å²) in [6.07, 6.45) is -0.0279. The molecule has 2 aromatic carbocycles. The van der Waals surface area contributed by atoms with E-state index in [2.05, 4.69) is 5.32 Å². The summed E-state index contributed by atoms with van der Waals surface area (Å²) in [7, 11) is 0. The van der Waals surface area contributed by atoms with Crippen molar-refractivity contribution < 1.29 is 13.9 Å². The lowest BCUT2D eigenvalue weighted by molar-refractivity contribution is 0.154. The van der Waals surface area contributed by atoms with Crippen molar-refractivity contribution in [1.82, 2.24) is 5.32 Å². The first-order valence-electron chi connectivity index (χ1n) is 6.96. The molecule has 0 radical (unpaired) electrons. The monoisotopic (exact) mass is 291 g/mol. The predicted octanol–water partition coefficient (Wildman–Crippen LogP) is 3.57. The van der Waals surface area contributed by atoms with E-state index in [1.807, 2.05) is 37.3 Å². The van der Waals surface area contributed by atoms with E-state index in [1.54, 1.807) is 0 Å². The molecule has 0 heterocycles. The van der Waals surface area contributed by atoms with E-state index in [0.29, 0.717) is 18.5 Å². The van der Waals surface area contributed by atoms with Crippen LogP contribution in [0.25, 0.3) is 0 Å². The minimum absolute atomic E-state index is 0.0199. The molecule has 0 saturated heterocycles. The molecular formula is C17H19F2NO. The van der Waals surface area contributed by atoms with E-state index in [-0.39, 0.29) is 6.04 Å². The topological polar surface area (TPSA) is 32.3 Å². The van der Waals surface area contributed by atoms with E-state index >= 15 is 0 Å². The van der Waals surface area contributed by atoms with Gasteiger partial charge in [0.1, 0.15) is 11.6 Å². The lowest BCUT2D eigenvalue weighted by Gasteiger charge is -2.18. The molecule has 112 valence electrons. The van der Waals surface area contributed by atoms with Crippen molar-refractivity contribution in [3.05, 3.63) is 71.3 Å². The van der Waals surface area contributed by atoms with Gasteiger partial charge in [-0.1, -0.05) is 30.3 Å². The van der Waals surface area contributed by atoms with Crippen molar-refractivity contribution in [1.29, 1.82) is 0 Å². The van der Waals surface area contributed by atoms with Crippen LogP contribution in [0.1, 0.15) is 30.6 Å². The predicted molar refractivity (Wildman–Crippen MR) is 78.7 cm³/mol. The lowest BCUT2D eigenvalue weighted by atomic mass is 10.0. The highest BCUT2D eigenvalue weighted by atomic mass is 19.1. The maximum Gasteiger partial charge on any atom is 0.126 e. The van der Waals surface area contributed by atoms with Gasteiger partial charge in [-0.05, 0) is 36.6 Å². The van der Waals surface area contributed by atoms with Crippen molar-refractivity contribution >= 4 is 0 Å². The number of halogens is 2. The first kappa shape index (κ1) is 15.6. The molecule has 0 aliphatic carbocycles. The van der Waals surface area contributed by atoms with Crippen LogP contribution in [0.15, 0.2) is 48.5 Å². The van der Waals surface area contributed by atoms with Crippen LogP contribution < -0.4 is 5.32 Å². The first-order valence-corrected chi connectivity index (χ1v) is 6.96. The van der Waals surface area contributed by atoms with Gasteiger partial charge in [-0.3, -0.25) is 0 Å². The number of nitrogens with one attached hydrogen (secondary N) is 1. The summed E-state index contributed by atoms with van der Waals surface area (Å²) in [5.41, 5.74) is 1.41. The third-order valence-corrected chi connectivity index (χ3v) is 3.34. The molecule has 0 saturated carbocycles. The summed E-state index contributed by atoms with van der Waals surface area (Å²) >= 11 is 0. The van der Waals surface area contributed by atoms with E-state index < -0.39 is 17.7 Å². The van der Waals surface area contributed by atoms with Crippen molar-refractivity contribution in [2.75, 3.05) is 0 Å². The van der Waals surface area contributed by atoms with Crippen LogP contribution in [0.2, 0.25) is 0 Å². The molecule has 2 unspecified atom stereocenters. The van der Waals surface area contributed by atoms with Gasteiger partial charge < -0.3 is 10.4 Å². The van der Waals surface area contributed by atoms with E-state index in [4.69, 9.17) is 0 Å². The van der Waals surface area contributed by atoms with Crippen LogP contribution in [0.3, 0.4) is 0 Å². The highest BCUT2D eigenvalue weighted by molar-refractivity contribution is 5.18. The first-order chi connectivity index (χ1) is 10.0. The van der Waals surface area contributed by atoms with E-state index in [0.717, 1.165) is 11.6 Å². The summed E-state index contributed by atoms with van der Waals surface area (Å²) in [5, 5.41) is 13.3. The maximum atomic E-state index is 13.1. The van der Waals surface area contributed by atoms with Gasteiger partial charge >= 0.3 is 0 Å². The second-order valence-electron chi connectivity index (χ2n) is 5.22. The zero-order chi connectivity index (χ0) is 15.2. The molecule has 2 N–H and O–H groups in total. The largest absolute Gasteiger partial charge is 0.388 e. The van der Waals surface area contributed by atoms with Crippen LogP contribution in [0, 0.1) is 11.6 Å². The van der Waals surface area contributed by atoms with E-state index in [9.17, 15) is 13.9 Å². The van der Waals surface area contributed by atoms with Gasteiger partial charge in [0.05, 0.1) is 6.10 Å². The van der Waals surface area contributed by atoms with E-state index in [1.165, 1.54) is 12.1 Å². The molecule has 0 aliphatic heterocycles. The second kappa shape index (κ2) is 7.29. The molecule has 2 rings (SSSR count). The highest BCUT2D eigenvalue weighted by Crippen LogP contribution is 2.18. The Morgan fingerprint density at radius 3 is 2.29 bits per heavy atom. The molecular weight excluding hydrogens is 272 g/mol. The van der Waals surface area contributed by atoms with Gasteiger partial charge in [-0.2, -0.15) is 0 Å². The molecule has 0 aromatic heterocycles. The zero-order valence-corrected chi connectivity index (χ0v) is 11.9. The Bertz CT molecular complexity index is 554. The Morgan fingerprint density at radius 2 is 1.67 bits per heavy atom. The minimum Gasteiger partial charge on any atom is -0.388 e. The molecule has 21 heavy (non-hydrogen) atoms. The van der Waals surface area contributed by atoms with Gasteiger partial charge in [-0.25, -0.2) is 8.78 Å². The standard InChI is InChI=1S/C17H19F2NO/c1-12(7-17(21)14-5-3-2-4-6-14)20-11-13-8-15(18)10-16(19)9-13/h2-6,8-10,12,17,20-21H,7,11H2,1H3. The zero-order valence-electron chi connectivity index (χ0n) is 11.9. The minimum atomic E-state index is -0.580. The fourth-order valence-electron chi connectivity index (χ4n) is 2.23. The van der Waals surface area contributed by atoms with Crippen molar-refractivity contribution in [3.8, 4) is 0 Å². The smallest absolute Gasteiger partial charge is 0.126 e. The average molecular weight is 291 g/mol. The molecule has 0 aliphatic rings. The van der Waals surface area contributed by atoms with Crippen molar-refractivity contribution in [2.45, 2.75) is 32.0 Å².